The summed E-state index contributed by atoms with van der Waals surface area (Å²) in [4.78, 5) is 42.1. The smallest absolute Gasteiger partial charge is 0.359 e. The highest BCUT2D eigenvalue weighted by Crippen LogP contribution is 2.41. The van der Waals surface area contributed by atoms with E-state index in [9.17, 15) is 14.4 Å². The number of para-hydroxylation sites is 1. The largest absolute Gasteiger partial charge is 0.493 e. The Bertz CT molecular complexity index is 1870. The van der Waals surface area contributed by atoms with Gasteiger partial charge < -0.3 is 19.1 Å². The highest BCUT2D eigenvalue weighted by atomic mass is 16.5. The molecule has 2 heterocycles. The molecule has 0 unspecified atom stereocenters. The number of nitrogens with zero attached hydrogens (tertiary/aromatic N) is 3. The maximum absolute atomic E-state index is 13.7. The number of ether oxygens (including phenoxy) is 3. The number of carbonyl (C=O) groups is 2. The molecule has 43 heavy (non-hydrogen) atoms. The van der Waals surface area contributed by atoms with Crippen molar-refractivity contribution in [3.8, 4) is 17.2 Å². The summed E-state index contributed by atoms with van der Waals surface area (Å²) >= 11 is 0. The Hall–Kier alpha value is -5.44. The summed E-state index contributed by atoms with van der Waals surface area (Å²) in [5, 5.41) is 5.04. The molecule has 0 N–H and O–H groups in total. The second-order valence-electron chi connectivity index (χ2n) is 10.1. The van der Waals surface area contributed by atoms with Crippen molar-refractivity contribution < 1.29 is 23.8 Å². The van der Waals surface area contributed by atoms with Gasteiger partial charge in [-0.1, -0.05) is 66.7 Å². The molecule has 0 radical (unpaired) electrons. The molecule has 6 rings (SSSR count). The molecule has 9 heteroatoms. The Kier molecular flexibility index (Phi) is 7.61. The quantitative estimate of drug-likeness (QED) is 0.259. The molecule has 0 fully saturated rings. The molecule has 9 nitrogen and oxygen atoms in total. The molecule has 216 valence electrons. The van der Waals surface area contributed by atoms with Gasteiger partial charge in [0.1, 0.15) is 0 Å². The monoisotopic (exact) mass is 575 g/mol. The van der Waals surface area contributed by atoms with Gasteiger partial charge in [-0.3, -0.25) is 9.59 Å². The van der Waals surface area contributed by atoms with E-state index in [-0.39, 0.29) is 17.2 Å². The Morgan fingerprint density at radius 3 is 2.16 bits per heavy atom. The van der Waals surface area contributed by atoms with Gasteiger partial charge in [0.2, 0.25) is 0 Å². The van der Waals surface area contributed by atoms with E-state index in [0.29, 0.717) is 40.9 Å². The molecule has 1 aliphatic heterocycles. The van der Waals surface area contributed by atoms with Crippen molar-refractivity contribution in [3.63, 3.8) is 0 Å². The lowest BCUT2D eigenvalue weighted by molar-refractivity contribution is -0.136. The van der Waals surface area contributed by atoms with Crippen LogP contribution < -0.4 is 15.0 Å². The summed E-state index contributed by atoms with van der Waals surface area (Å²) in [6.45, 7) is -0.0796. The third-order valence-electron chi connectivity index (χ3n) is 7.64. The normalized spacial score (nSPS) is 14.2. The first-order chi connectivity index (χ1) is 21.0. The van der Waals surface area contributed by atoms with Crippen LogP contribution in [0.1, 0.15) is 33.2 Å². The van der Waals surface area contributed by atoms with E-state index in [4.69, 9.17) is 14.2 Å². The number of hydrogen-bond donors (Lipinski definition) is 0. The molecule has 0 saturated heterocycles. The zero-order valence-corrected chi connectivity index (χ0v) is 23.7. The minimum atomic E-state index is -0.797. The van der Waals surface area contributed by atoms with E-state index in [0.717, 1.165) is 16.7 Å². The average molecular weight is 576 g/mol. The maximum atomic E-state index is 13.7. The predicted molar refractivity (Wildman–Crippen MR) is 161 cm³/mol. The molecule has 1 aromatic heterocycles. The standard InChI is InChI=1S/C34H29N3O6/c1-41-28-19-23-17-18-36(32(22-11-5-3-6-12-22)27(23)20-29(28)42-2)30(38)21-43-34(40)31-25-15-9-10-16-26(25)33(39)37(35-31)24-13-7-4-8-14-24/h3-16,19-20,32H,17-18,21H2,1-2H3/t32-/m0/s1. The van der Waals surface area contributed by atoms with Gasteiger partial charge in [-0.25, -0.2) is 4.79 Å². The van der Waals surface area contributed by atoms with Gasteiger partial charge in [-0.05, 0) is 53.4 Å². The van der Waals surface area contributed by atoms with Gasteiger partial charge in [0.25, 0.3) is 11.5 Å². The van der Waals surface area contributed by atoms with Gasteiger partial charge >= 0.3 is 5.97 Å². The first kappa shape index (κ1) is 27.7. The molecule has 0 bridgehead atoms. The van der Waals surface area contributed by atoms with Crippen molar-refractivity contribution in [2.45, 2.75) is 12.5 Å². The number of rotatable bonds is 7. The Morgan fingerprint density at radius 1 is 0.837 bits per heavy atom. The van der Waals surface area contributed by atoms with E-state index >= 15 is 0 Å². The van der Waals surface area contributed by atoms with Gasteiger partial charge in [0, 0.05) is 11.9 Å². The van der Waals surface area contributed by atoms with Gasteiger partial charge in [0.05, 0.1) is 31.3 Å². The first-order valence-electron chi connectivity index (χ1n) is 13.8. The third-order valence-corrected chi connectivity index (χ3v) is 7.64. The fourth-order valence-electron chi connectivity index (χ4n) is 5.57. The molecular weight excluding hydrogens is 546 g/mol. The fourth-order valence-corrected chi connectivity index (χ4v) is 5.57. The van der Waals surface area contributed by atoms with Crippen LogP contribution in [0.4, 0.5) is 0 Å². The molecule has 0 aliphatic carbocycles. The number of fused-ring (bicyclic) bond motifs is 2. The number of hydrogen-bond acceptors (Lipinski definition) is 7. The maximum Gasteiger partial charge on any atom is 0.359 e. The second-order valence-corrected chi connectivity index (χ2v) is 10.1. The second kappa shape index (κ2) is 11.8. The lowest BCUT2D eigenvalue weighted by atomic mass is 9.87. The van der Waals surface area contributed by atoms with E-state index < -0.39 is 18.6 Å². The number of esters is 1. The molecule has 4 aromatic carbocycles. The van der Waals surface area contributed by atoms with Crippen LogP contribution in [0.2, 0.25) is 0 Å². The zero-order valence-electron chi connectivity index (χ0n) is 23.7. The lowest BCUT2D eigenvalue weighted by Crippen LogP contribution is -2.42. The van der Waals surface area contributed by atoms with Gasteiger partial charge in [0.15, 0.2) is 23.8 Å². The van der Waals surface area contributed by atoms with E-state index in [1.54, 1.807) is 67.7 Å². The van der Waals surface area contributed by atoms with Crippen molar-refractivity contribution in [2.75, 3.05) is 27.4 Å². The van der Waals surface area contributed by atoms with Gasteiger partial charge in [-0.15, -0.1) is 0 Å². The summed E-state index contributed by atoms with van der Waals surface area (Å²) in [5.41, 5.74) is 2.97. The Labute approximate surface area is 247 Å². The molecule has 0 saturated carbocycles. The minimum Gasteiger partial charge on any atom is -0.493 e. The van der Waals surface area contributed by atoms with Crippen molar-refractivity contribution >= 4 is 22.6 Å². The van der Waals surface area contributed by atoms with Crippen LogP contribution in [0, 0.1) is 0 Å². The number of carbonyl (C=O) groups excluding carboxylic acids is 2. The summed E-state index contributed by atoms with van der Waals surface area (Å²) in [6, 6.07) is 28.7. The zero-order chi connectivity index (χ0) is 29.9. The topological polar surface area (TPSA) is 100.0 Å². The lowest BCUT2D eigenvalue weighted by Gasteiger charge is -2.38. The van der Waals surface area contributed by atoms with Crippen molar-refractivity contribution in [2.24, 2.45) is 0 Å². The molecular formula is C34H29N3O6. The Balaban J connectivity index is 1.31. The highest BCUT2D eigenvalue weighted by Gasteiger charge is 2.34. The molecule has 0 spiro atoms. The average Bonchev–Trinajstić information content (AvgIpc) is 3.06. The number of aromatic nitrogens is 2. The molecule has 1 aliphatic rings. The van der Waals surface area contributed by atoms with E-state index in [1.807, 2.05) is 48.5 Å². The summed E-state index contributed by atoms with van der Waals surface area (Å²) < 4.78 is 17.8. The summed E-state index contributed by atoms with van der Waals surface area (Å²) in [7, 11) is 3.17. The van der Waals surface area contributed by atoms with Crippen molar-refractivity contribution in [1.29, 1.82) is 0 Å². The van der Waals surface area contributed by atoms with Crippen LogP contribution in [0.5, 0.6) is 11.5 Å². The molecule has 5 aromatic rings. The number of amides is 1. The summed E-state index contributed by atoms with van der Waals surface area (Å²) in [6.07, 6.45) is 0.590. The van der Waals surface area contributed by atoms with Crippen LogP contribution in [0.15, 0.2) is 102 Å². The van der Waals surface area contributed by atoms with Crippen molar-refractivity contribution in [3.05, 3.63) is 130 Å². The first-order valence-corrected chi connectivity index (χ1v) is 13.8. The van der Waals surface area contributed by atoms with Crippen LogP contribution in [-0.2, 0) is 16.0 Å². The van der Waals surface area contributed by atoms with Crippen LogP contribution in [0.3, 0.4) is 0 Å². The highest BCUT2D eigenvalue weighted by molar-refractivity contribution is 6.02. The predicted octanol–water partition coefficient (Wildman–Crippen LogP) is 4.73. The number of methoxy groups -OCH3 is 2. The molecule has 1 amide bonds. The number of benzene rings is 4. The van der Waals surface area contributed by atoms with Gasteiger partial charge in [-0.2, -0.15) is 9.78 Å². The Morgan fingerprint density at radius 2 is 1.47 bits per heavy atom. The SMILES string of the molecule is COc1cc2c(cc1OC)[C@H](c1ccccc1)N(C(=O)COC(=O)c1nn(-c3ccccc3)c(=O)c3ccccc13)CC2. The van der Waals surface area contributed by atoms with Crippen molar-refractivity contribution in [1.82, 2.24) is 14.7 Å². The van der Waals surface area contributed by atoms with Crippen LogP contribution >= 0.6 is 0 Å². The molecule has 1 atom stereocenters. The van der Waals surface area contributed by atoms with E-state index in [2.05, 4.69) is 5.10 Å². The minimum absolute atomic E-state index is 0.0488. The van der Waals surface area contributed by atoms with E-state index in [1.165, 1.54) is 4.68 Å². The van der Waals surface area contributed by atoms with Crippen LogP contribution in [-0.4, -0.2) is 53.9 Å². The fraction of sp³-hybridized carbons (Fsp3) is 0.176. The van der Waals surface area contributed by atoms with Crippen LogP contribution in [0.25, 0.3) is 16.5 Å². The summed E-state index contributed by atoms with van der Waals surface area (Å²) in [5.74, 6) is 0.0327. The third kappa shape index (κ3) is 5.21.